The van der Waals surface area contributed by atoms with Crippen molar-refractivity contribution in [2.75, 3.05) is 20.3 Å². The Morgan fingerprint density at radius 3 is 2.52 bits per heavy atom. The van der Waals surface area contributed by atoms with E-state index in [1.165, 1.54) is 11.1 Å². The van der Waals surface area contributed by atoms with Gasteiger partial charge >= 0.3 is 0 Å². The monoisotopic (exact) mass is 349 g/mol. The molecule has 0 saturated carbocycles. The van der Waals surface area contributed by atoms with Crippen LogP contribution in [0.4, 0.5) is 0 Å². The van der Waals surface area contributed by atoms with Crippen molar-refractivity contribution in [3.05, 3.63) is 58.1 Å². The molecule has 2 rings (SSSR count). The number of halogens is 1. The second kappa shape index (κ2) is 8.17. The quantitative estimate of drug-likeness (QED) is 0.756. The van der Waals surface area contributed by atoms with E-state index in [-0.39, 0.29) is 0 Å². The minimum Gasteiger partial charge on any atom is -0.456 e. The summed E-state index contributed by atoms with van der Waals surface area (Å²) in [6.45, 7) is 4.46. The van der Waals surface area contributed by atoms with Crippen LogP contribution in [0.2, 0.25) is 0 Å². The van der Waals surface area contributed by atoms with Crippen LogP contribution in [0.5, 0.6) is 11.5 Å². The highest BCUT2D eigenvalue weighted by molar-refractivity contribution is 9.10. The summed E-state index contributed by atoms with van der Waals surface area (Å²) >= 11 is 3.52. The van der Waals surface area contributed by atoms with E-state index in [0.29, 0.717) is 0 Å². The Labute approximate surface area is 134 Å². The second-order valence-electron chi connectivity index (χ2n) is 4.85. The Morgan fingerprint density at radius 2 is 1.86 bits per heavy atom. The topological polar surface area (TPSA) is 30.5 Å². The molecule has 0 aromatic heterocycles. The van der Waals surface area contributed by atoms with Gasteiger partial charge in [-0.15, -0.1) is 0 Å². The molecule has 112 valence electrons. The van der Waals surface area contributed by atoms with E-state index in [2.05, 4.69) is 40.3 Å². The molecule has 0 atom stereocenters. The first-order chi connectivity index (χ1) is 10.2. The first-order valence-electron chi connectivity index (χ1n) is 6.91. The number of hydrogen-bond acceptors (Lipinski definition) is 3. The standard InChI is InChI=1S/C17H20BrNO2/c1-13-3-8-17(16(18)11-13)21-15-6-4-14(5-7-15)12-19-9-10-20-2/h3-8,11,19H,9-10,12H2,1-2H3. The Hall–Kier alpha value is -1.36. The smallest absolute Gasteiger partial charge is 0.141 e. The van der Waals surface area contributed by atoms with E-state index >= 15 is 0 Å². The number of methoxy groups -OCH3 is 1. The zero-order valence-corrected chi connectivity index (χ0v) is 13.9. The summed E-state index contributed by atoms with van der Waals surface area (Å²) in [5.74, 6) is 1.66. The molecule has 3 nitrogen and oxygen atoms in total. The lowest BCUT2D eigenvalue weighted by atomic mass is 10.2. The Bertz CT molecular complexity index is 570. The van der Waals surface area contributed by atoms with Crippen LogP contribution >= 0.6 is 15.9 Å². The first kappa shape index (κ1) is 16.0. The maximum Gasteiger partial charge on any atom is 0.141 e. The molecule has 0 aliphatic carbocycles. The highest BCUT2D eigenvalue weighted by atomic mass is 79.9. The summed E-state index contributed by atoms with van der Waals surface area (Å²) < 4.78 is 11.8. The van der Waals surface area contributed by atoms with E-state index in [1.807, 2.05) is 30.3 Å². The fourth-order valence-electron chi connectivity index (χ4n) is 1.90. The molecule has 0 fully saturated rings. The molecule has 21 heavy (non-hydrogen) atoms. The van der Waals surface area contributed by atoms with E-state index in [0.717, 1.165) is 35.7 Å². The maximum absolute atomic E-state index is 5.87. The highest BCUT2D eigenvalue weighted by Gasteiger charge is 2.03. The van der Waals surface area contributed by atoms with Crippen LogP contribution in [0.3, 0.4) is 0 Å². The molecule has 0 aliphatic heterocycles. The molecule has 0 bridgehead atoms. The summed E-state index contributed by atoms with van der Waals surface area (Å²) in [5.41, 5.74) is 2.42. The third-order valence-electron chi connectivity index (χ3n) is 3.05. The van der Waals surface area contributed by atoms with Gasteiger partial charge in [-0.3, -0.25) is 0 Å². The van der Waals surface area contributed by atoms with E-state index < -0.39 is 0 Å². The Balaban J connectivity index is 1.92. The molecule has 0 amide bonds. The number of rotatable bonds is 7. The summed E-state index contributed by atoms with van der Waals surface area (Å²) in [6.07, 6.45) is 0. The average Bonchev–Trinajstić information content (AvgIpc) is 2.48. The SMILES string of the molecule is COCCNCc1ccc(Oc2ccc(C)cc2Br)cc1. The van der Waals surface area contributed by atoms with Crippen molar-refractivity contribution >= 4 is 15.9 Å². The van der Waals surface area contributed by atoms with Crippen LogP contribution in [-0.2, 0) is 11.3 Å². The summed E-state index contributed by atoms with van der Waals surface area (Å²) in [4.78, 5) is 0. The van der Waals surface area contributed by atoms with Gasteiger partial charge in [-0.1, -0.05) is 18.2 Å². The van der Waals surface area contributed by atoms with Gasteiger partial charge in [0.25, 0.3) is 0 Å². The van der Waals surface area contributed by atoms with Crippen molar-refractivity contribution in [3.63, 3.8) is 0 Å². The van der Waals surface area contributed by atoms with E-state index in [9.17, 15) is 0 Å². The molecule has 4 heteroatoms. The summed E-state index contributed by atoms with van der Waals surface area (Å²) in [7, 11) is 1.71. The van der Waals surface area contributed by atoms with Crippen molar-refractivity contribution in [2.24, 2.45) is 0 Å². The molecule has 0 aliphatic rings. The van der Waals surface area contributed by atoms with Gasteiger partial charge in [0, 0.05) is 20.2 Å². The van der Waals surface area contributed by atoms with Crippen molar-refractivity contribution in [2.45, 2.75) is 13.5 Å². The lowest BCUT2D eigenvalue weighted by Crippen LogP contribution is -2.18. The minimum atomic E-state index is 0.725. The highest BCUT2D eigenvalue weighted by Crippen LogP contribution is 2.30. The van der Waals surface area contributed by atoms with E-state index in [4.69, 9.17) is 9.47 Å². The zero-order chi connectivity index (χ0) is 15.1. The predicted molar refractivity (Wildman–Crippen MR) is 89.0 cm³/mol. The van der Waals surface area contributed by atoms with Crippen LogP contribution in [0.1, 0.15) is 11.1 Å². The third-order valence-corrected chi connectivity index (χ3v) is 3.67. The van der Waals surface area contributed by atoms with Gasteiger partial charge in [0.2, 0.25) is 0 Å². The van der Waals surface area contributed by atoms with Gasteiger partial charge < -0.3 is 14.8 Å². The van der Waals surface area contributed by atoms with Crippen molar-refractivity contribution in [1.29, 1.82) is 0 Å². The number of hydrogen-bond donors (Lipinski definition) is 1. The van der Waals surface area contributed by atoms with Crippen LogP contribution in [0.25, 0.3) is 0 Å². The minimum absolute atomic E-state index is 0.725. The van der Waals surface area contributed by atoms with Gasteiger partial charge in [-0.05, 0) is 58.2 Å². The first-order valence-corrected chi connectivity index (χ1v) is 7.71. The molecule has 0 unspecified atom stereocenters. The lowest BCUT2D eigenvalue weighted by molar-refractivity contribution is 0.199. The molecule has 0 spiro atoms. The van der Waals surface area contributed by atoms with E-state index in [1.54, 1.807) is 7.11 Å². The second-order valence-corrected chi connectivity index (χ2v) is 5.70. The van der Waals surface area contributed by atoms with Crippen LogP contribution in [0.15, 0.2) is 46.9 Å². The predicted octanol–water partition coefficient (Wildman–Crippen LogP) is 4.29. The molecule has 0 radical (unpaired) electrons. The summed E-state index contributed by atoms with van der Waals surface area (Å²) in [5, 5.41) is 3.31. The average molecular weight is 350 g/mol. The molecule has 2 aromatic rings. The van der Waals surface area contributed by atoms with Crippen molar-refractivity contribution in [1.82, 2.24) is 5.32 Å². The van der Waals surface area contributed by atoms with Crippen molar-refractivity contribution < 1.29 is 9.47 Å². The third kappa shape index (κ3) is 5.16. The van der Waals surface area contributed by atoms with Gasteiger partial charge in [-0.2, -0.15) is 0 Å². The molecular weight excluding hydrogens is 330 g/mol. The number of nitrogens with one attached hydrogen (secondary N) is 1. The fourth-order valence-corrected chi connectivity index (χ4v) is 2.47. The van der Waals surface area contributed by atoms with Gasteiger partial charge in [0.05, 0.1) is 11.1 Å². The fraction of sp³-hybridized carbons (Fsp3) is 0.294. The number of benzene rings is 2. The Morgan fingerprint density at radius 1 is 1.10 bits per heavy atom. The zero-order valence-electron chi connectivity index (χ0n) is 12.4. The molecular formula is C17H20BrNO2. The van der Waals surface area contributed by atoms with Crippen molar-refractivity contribution in [3.8, 4) is 11.5 Å². The Kier molecular flexibility index (Phi) is 6.23. The number of aryl methyl sites for hydroxylation is 1. The normalized spacial score (nSPS) is 10.6. The van der Waals surface area contributed by atoms with Gasteiger partial charge in [-0.25, -0.2) is 0 Å². The van der Waals surface area contributed by atoms with Crippen LogP contribution < -0.4 is 10.1 Å². The largest absolute Gasteiger partial charge is 0.456 e. The van der Waals surface area contributed by atoms with Gasteiger partial charge in [0.1, 0.15) is 11.5 Å². The number of ether oxygens (including phenoxy) is 2. The molecule has 1 N–H and O–H groups in total. The summed E-state index contributed by atoms with van der Waals surface area (Å²) in [6, 6.07) is 14.2. The molecule has 0 saturated heterocycles. The molecule has 2 aromatic carbocycles. The maximum atomic E-state index is 5.87. The van der Waals surface area contributed by atoms with Gasteiger partial charge in [0.15, 0.2) is 0 Å². The van der Waals surface area contributed by atoms with Crippen LogP contribution in [0, 0.1) is 6.92 Å². The lowest BCUT2D eigenvalue weighted by Gasteiger charge is -2.09. The van der Waals surface area contributed by atoms with Crippen LogP contribution in [-0.4, -0.2) is 20.3 Å². The molecule has 0 heterocycles.